The molecule has 0 saturated carbocycles. The highest BCUT2D eigenvalue weighted by Gasteiger charge is 2.25. The van der Waals surface area contributed by atoms with Gasteiger partial charge in [0.1, 0.15) is 0 Å². The average Bonchev–Trinajstić information content (AvgIpc) is 2.52. The van der Waals surface area contributed by atoms with Crippen molar-refractivity contribution >= 4 is 33.2 Å². The molecule has 0 aromatic heterocycles. The highest BCUT2D eigenvalue weighted by Crippen LogP contribution is 2.22. The van der Waals surface area contributed by atoms with Crippen molar-refractivity contribution in [3.8, 4) is 0 Å². The van der Waals surface area contributed by atoms with Crippen LogP contribution in [0.2, 0.25) is 5.02 Å². The second-order valence-electron chi connectivity index (χ2n) is 4.29. The van der Waals surface area contributed by atoms with Gasteiger partial charge in [-0.05, 0) is 24.3 Å². The zero-order valence-electron chi connectivity index (χ0n) is 11.4. The minimum atomic E-state index is -4.31. The molecular formula is C13H10ClN3O5S. The number of nitro benzene ring substituents is 1. The average molecular weight is 356 g/mol. The maximum atomic E-state index is 12.1. The molecule has 0 radical (unpaired) electrons. The normalized spacial score (nSPS) is 11.0. The summed E-state index contributed by atoms with van der Waals surface area (Å²) in [6.45, 7) is 0. The Hall–Kier alpha value is -2.49. The van der Waals surface area contributed by atoms with Gasteiger partial charge in [-0.3, -0.25) is 20.3 Å². The Balaban J connectivity index is 2.20. The first kappa shape index (κ1) is 16.9. The number of sulfonamides is 1. The van der Waals surface area contributed by atoms with Gasteiger partial charge in [0.05, 0.1) is 4.92 Å². The van der Waals surface area contributed by atoms with Crippen LogP contribution in [0.3, 0.4) is 0 Å². The Morgan fingerprint density at radius 2 is 1.83 bits per heavy atom. The van der Waals surface area contributed by atoms with E-state index >= 15 is 0 Å². The Morgan fingerprint density at radius 1 is 1.13 bits per heavy atom. The standard InChI is InChI=1S/C13H10ClN3O5S/c14-10-5-3-4-9(8-10)13(18)15-16-23(21,22)12-7-2-1-6-11(12)17(19)20/h1-8,16H,(H,15,18). The lowest BCUT2D eigenvalue weighted by molar-refractivity contribution is -0.387. The molecular weight excluding hydrogens is 346 g/mol. The highest BCUT2D eigenvalue weighted by molar-refractivity contribution is 7.89. The molecule has 0 fully saturated rings. The molecule has 1 amide bonds. The van der Waals surface area contributed by atoms with E-state index in [1.54, 1.807) is 6.07 Å². The Bertz CT molecular complexity index is 869. The third kappa shape index (κ3) is 4.03. The van der Waals surface area contributed by atoms with Crippen molar-refractivity contribution in [2.45, 2.75) is 4.90 Å². The summed E-state index contributed by atoms with van der Waals surface area (Å²) in [6.07, 6.45) is 0. The Morgan fingerprint density at radius 3 is 2.48 bits per heavy atom. The van der Waals surface area contributed by atoms with Crippen LogP contribution in [-0.2, 0) is 10.0 Å². The molecule has 2 aromatic carbocycles. The minimum absolute atomic E-state index is 0.128. The van der Waals surface area contributed by atoms with Gasteiger partial charge in [0, 0.05) is 16.7 Å². The molecule has 10 heteroatoms. The summed E-state index contributed by atoms with van der Waals surface area (Å²) < 4.78 is 24.2. The van der Waals surface area contributed by atoms with Gasteiger partial charge in [0.25, 0.3) is 21.6 Å². The van der Waals surface area contributed by atoms with Crippen molar-refractivity contribution < 1.29 is 18.1 Å². The van der Waals surface area contributed by atoms with E-state index in [1.807, 2.05) is 10.3 Å². The molecule has 0 spiro atoms. The van der Waals surface area contributed by atoms with Crippen molar-refractivity contribution in [1.29, 1.82) is 0 Å². The maximum absolute atomic E-state index is 12.1. The van der Waals surface area contributed by atoms with Gasteiger partial charge in [-0.15, -0.1) is 4.83 Å². The fraction of sp³-hybridized carbons (Fsp3) is 0. The number of benzene rings is 2. The number of carbonyl (C=O) groups excluding carboxylic acids is 1. The van der Waals surface area contributed by atoms with Crippen LogP contribution in [0.5, 0.6) is 0 Å². The topological polar surface area (TPSA) is 118 Å². The summed E-state index contributed by atoms with van der Waals surface area (Å²) in [5.41, 5.74) is 1.50. The number of nitrogens with one attached hydrogen (secondary N) is 2. The number of para-hydroxylation sites is 1. The van der Waals surface area contributed by atoms with Crippen LogP contribution >= 0.6 is 11.6 Å². The molecule has 0 bridgehead atoms. The number of hydrogen-bond donors (Lipinski definition) is 2. The number of hydrogen-bond acceptors (Lipinski definition) is 5. The Labute approximate surface area is 136 Å². The molecule has 8 nitrogen and oxygen atoms in total. The van der Waals surface area contributed by atoms with E-state index in [1.165, 1.54) is 30.3 Å². The maximum Gasteiger partial charge on any atom is 0.289 e. The third-order valence-electron chi connectivity index (χ3n) is 2.74. The molecule has 2 rings (SSSR count). The lowest BCUT2D eigenvalue weighted by Crippen LogP contribution is -2.41. The summed E-state index contributed by atoms with van der Waals surface area (Å²) in [4.78, 5) is 23.2. The molecule has 0 unspecified atom stereocenters. The van der Waals surface area contributed by atoms with Crippen LogP contribution in [-0.4, -0.2) is 19.2 Å². The molecule has 0 atom stereocenters. The van der Waals surface area contributed by atoms with E-state index in [4.69, 9.17) is 11.6 Å². The van der Waals surface area contributed by atoms with Gasteiger partial charge < -0.3 is 0 Å². The second kappa shape index (κ2) is 6.73. The quantitative estimate of drug-likeness (QED) is 0.627. The van der Waals surface area contributed by atoms with E-state index in [0.717, 1.165) is 12.1 Å². The predicted molar refractivity (Wildman–Crippen MR) is 82.3 cm³/mol. The summed E-state index contributed by atoms with van der Waals surface area (Å²) >= 11 is 5.74. The van der Waals surface area contributed by atoms with Crippen molar-refractivity contribution in [2.75, 3.05) is 0 Å². The van der Waals surface area contributed by atoms with Gasteiger partial charge in [-0.2, -0.15) is 0 Å². The minimum Gasteiger partial charge on any atom is -0.273 e. The van der Waals surface area contributed by atoms with Crippen molar-refractivity contribution in [3.63, 3.8) is 0 Å². The van der Waals surface area contributed by atoms with Crippen LogP contribution in [0.4, 0.5) is 5.69 Å². The van der Waals surface area contributed by atoms with Crippen LogP contribution in [0.1, 0.15) is 10.4 Å². The molecule has 0 heterocycles. The molecule has 0 aliphatic rings. The van der Waals surface area contributed by atoms with Gasteiger partial charge in [-0.25, -0.2) is 8.42 Å². The number of carbonyl (C=O) groups is 1. The fourth-order valence-corrected chi connectivity index (χ4v) is 2.91. The largest absolute Gasteiger partial charge is 0.289 e. The first-order chi connectivity index (χ1) is 10.8. The van der Waals surface area contributed by atoms with E-state index in [9.17, 15) is 23.3 Å². The van der Waals surface area contributed by atoms with Crippen LogP contribution in [0.25, 0.3) is 0 Å². The summed E-state index contributed by atoms with van der Waals surface area (Å²) in [5, 5.41) is 11.2. The molecule has 2 aromatic rings. The lowest BCUT2D eigenvalue weighted by atomic mass is 10.2. The highest BCUT2D eigenvalue weighted by atomic mass is 35.5. The molecule has 2 N–H and O–H groups in total. The number of amides is 1. The number of hydrazine groups is 1. The van der Waals surface area contributed by atoms with Crippen molar-refractivity contribution in [2.24, 2.45) is 0 Å². The van der Waals surface area contributed by atoms with E-state index < -0.39 is 31.4 Å². The van der Waals surface area contributed by atoms with Gasteiger partial charge in [0.2, 0.25) is 0 Å². The van der Waals surface area contributed by atoms with Crippen LogP contribution in [0.15, 0.2) is 53.4 Å². The van der Waals surface area contributed by atoms with Crippen LogP contribution < -0.4 is 10.3 Å². The second-order valence-corrected chi connectivity index (χ2v) is 6.38. The van der Waals surface area contributed by atoms with Gasteiger partial charge >= 0.3 is 0 Å². The predicted octanol–water partition coefficient (Wildman–Crippen LogP) is 1.87. The van der Waals surface area contributed by atoms with E-state index in [2.05, 4.69) is 0 Å². The molecule has 120 valence electrons. The zero-order chi connectivity index (χ0) is 17.0. The number of rotatable bonds is 5. The summed E-state index contributed by atoms with van der Waals surface area (Å²) in [7, 11) is -4.31. The van der Waals surface area contributed by atoms with Gasteiger partial charge in [0.15, 0.2) is 4.90 Å². The molecule has 23 heavy (non-hydrogen) atoms. The fourth-order valence-electron chi connectivity index (χ4n) is 1.71. The summed E-state index contributed by atoms with van der Waals surface area (Å²) in [5.74, 6) is -0.755. The monoisotopic (exact) mass is 355 g/mol. The van der Waals surface area contributed by atoms with Crippen LogP contribution in [0, 0.1) is 10.1 Å². The summed E-state index contributed by atoms with van der Waals surface area (Å²) in [6, 6.07) is 10.6. The van der Waals surface area contributed by atoms with Crippen molar-refractivity contribution in [3.05, 3.63) is 69.2 Å². The molecule has 0 aliphatic heterocycles. The first-order valence-corrected chi connectivity index (χ1v) is 7.98. The van der Waals surface area contributed by atoms with Gasteiger partial charge in [-0.1, -0.05) is 29.8 Å². The lowest BCUT2D eigenvalue weighted by Gasteiger charge is -2.09. The van der Waals surface area contributed by atoms with E-state index in [-0.39, 0.29) is 5.56 Å². The smallest absolute Gasteiger partial charge is 0.273 e. The molecule has 0 saturated heterocycles. The SMILES string of the molecule is O=C(NNS(=O)(=O)c1ccccc1[N+](=O)[O-])c1cccc(Cl)c1. The number of halogens is 1. The van der Waals surface area contributed by atoms with Crippen molar-refractivity contribution in [1.82, 2.24) is 10.3 Å². The Kier molecular flexibility index (Phi) is 4.94. The molecule has 0 aliphatic carbocycles. The van der Waals surface area contributed by atoms with E-state index in [0.29, 0.717) is 5.02 Å². The first-order valence-electron chi connectivity index (χ1n) is 6.12. The third-order valence-corrected chi connectivity index (χ3v) is 4.27. The number of nitro groups is 1. The zero-order valence-corrected chi connectivity index (χ0v) is 13.0. The number of nitrogens with zero attached hydrogens (tertiary/aromatic N) is 1.